The highest BCUT2D eigenvalue weighted by molar-refractivity contribution is 7.98. The fourth-order valence-electron chi connectivity index (χ4n) is 2.00. The Morgan fingerprint density at radius 3 is 2.76 bits per heavy atom. The first kappa shape index (κ1) is 13.6. The largest absolute Gasteiger partial charge is 0.339 e. The van der Waals surface area contributed by atoms with Crippen molar-refractivity contribution in [1.29, 1.82) is 0 Å². The third-order valence-corrected chi connectivity index (χ3v) is 3.49. The van der Waals surface area contributed by atoms with Crippen molar-refractivity contribution >= 4 is 40.0 Å². The van der Waals surface area contributed by atoms with E-state index in [1.165, 1.54) is 11.8 Å². The summed E-state index contributed by atoms with van der Waals surface area (Å²) in [5.41, 5.74) is 4.42. The predicted octanol–water partition coefficient (Wildman–Crippen LogP) is 2.78. The smallest absolute Gasteiger partial charge is 0.191 e. The van der Waals surface area contributed by atoms with Crippen LogP contribution in [0.3, 0.4) is 0 Å². The van der Waals surface area contributed by atoms with Crippen LogP contribution in [0.15, 0.2) is 47.8 Å². The minimum atomic E-state index is 0.565. The van der Waals surface area contributed by atoms with Gasteiger partial charge in [-0.15, -0.1) is 0 Å². The normalized spacial score (nSPS) is 10.6. The van der Waals surface area contributed by atoms with Crippen LogP contribution in [0, 0.1) is 0 Å². The van der Waals surface area contributed by atoms with Gasteiger partial charge >= 0.3 is 0 Å². The molecule has 3 rings (SSSR count). The van der Waals surface area contributed by atoms with Gasteiger partial charge in [-0.1, -0.05) is 17.8 Å². The van der Waals surface area contributed by atoms with Crippen molar-refractivity contribution < 1.29 is 0 Å². The van der Waals surface area contributed by atoms with Crippen LogP contribution in [-0.4, -0.2) is 21.2 Å². The molecule has 0 bridgehead atoms. The van der Waals surface area contributed by atoms with Gasteiger partial charge in [0.15, 0.2) is 5.16 Å². The van der Waals surface area contributed by atoms with Crippen molar-refractivity contribution in [2.45, 2.75) is 5.16 Å². The number of hydrogen-bond acceptors (Lipinski definition) is 7. The second-order valence-electron chi connectivity index (χ2n) is 4.27. The van der Waals surface area contributed by atoms with Gasteiger partial charge in [0, 0.05) is 23.3 Å². The lowest BCUT2D eigenvalue weighted by atomic mass is 10.2. The first-order chi connectivity index (χ1) is 10.3. The van der Waals surface area contributed by atoms with E-state index in [2.05, 4.69) is 25.7 Å². The molecular weight excluding hydrogens is 284 g/mol. The first-order valence-corrected chi connectivity index (χ1v) is 7.53. The number of aromatic nitrogens is 3. The maximum absolute atomic E-state index is 5.44. The first-order valence-electron chi connectivity index (χ1n) is 6.30. The van der Waals surface area contributed by atoms with Crippen molar-refractivity contribution in [1.82, 2.24) is 15.0 Å². The highest BCUT2D eigenvalue weighted by Crippen LogP contribution is 2.26. The molecule has 0 aliphatic carbocycles. The number of nitrogens with one attached hydrogen (secondary N) is 2. The van der Waals surface area contributed by atoms with Crippen molar-refractivity contribution in [3.8, 4) is 0 Å². The Bertz CT molecular complexity index is 749. The highest BCUT2D eigenvalue weighted by atomic mass is 32.2. The molecule has 6 nitrogen and oxygen atoms in total. The average molecular weight is 298 g/mol. The SMILES string of the molecule is CSc1nc(NN)cc(Nc2cccc3ncccc23)n1. The summed E-state index contributed by atoms with van der Waals surface area (Å²) in [5, 5.41) is 4.97. The quantitative estimate of drug-likeness (QED) is 0.295. The average Bonchev–Trinajstić information content (AvgIpc) is 2.55. The Morgan fingerprint density at radius 2 is 1.95 bits per heavy atom. The molecule has 0 aliphatic heterocycles. The number of nitrogens with zero attached hydrogens (tertiary/aromatic N) is 3. The van der Waals surface area contributed by atoms with Gasteiger partial charge in [-0.3, -0.25) is 4.98 Å². The fraction of sp³-hybridized carbons (Fsp3) is 0.0714. The molecule has 7 heteroatoms. The van der Waals surface area contributed by atoms with Crippen molar-refractivity contribution in [2.24, 2.45) is 5.84 Å². The Hall–Kier alpha value is -2.38. The summed E-state index contributed by atoms with van der Waals surface area (Å²) in [7, 11) is 0. The Morgan fingerprint density at radius 1 is 1.10 bits per heavy atom. The van der Waals surface area contributed by atoms with E-state index in [1.807, 2.05) is 36.6 Å². The van der Waals surface area contributed by atoms with Gasteiger partial charge in [0.1, 0.15) is 11.6 Å². The van der Waals surface area contributed by atoms with Crippen molar-refractivity contribution in [3.63, 3.8) is 0 Å². The van der Waals surface area contributed by atoms with E-state index in [-0.39, 0.29) is 0 Å². The van der Waals surface area contributed by atoms with Crippen LogP contribution in [-0.2, 0) is 0 Å². The molecule has 0 radical (unpaired) electrons. The zero-order valence-electron chi connectivity index (χ0n) is 11.4. The highest BCUT2D eigenvalue weighted by Gasteiger charge is 2.06. The lowest BCUT2D eigenvalue weighted by molar-refractivity contribution is 0.971. The molecule has 0 fully saturated rings. The van der Waals surface area contributed by atoms with Crippen LogP contribution in [0.5, 0.6) is 0 Å². The van der Waals surface area contributed by atoms with Crippen LogP contribution in [0.4, 0.5) is 17.3 Å². The molecule has 0 spiro atoms. The minimum absolute atomic E-state index is 0.565. The van der Waals surface area contributed by atoms with Gasteiger partial charge in [0.05, 0.1) is 5.52 Å². The van der Waals surface area contributed by atoms with Crippen molar-refractivity contribution in [3.05, 3.63) is 42.6 Å². The number of nitrogen functional groups attached to an aromatic ring is 1. The van der Waals surface area contributed by atoms with Crippen LogP contribution in [0.1, 0.15) is 0 Å². The summed E-state index contributed by atoms with van der Waals surface area (Å²) in [4.78, 5) is 13.0. The van der Waals surface area contributed by atoms with Crippen LogP contribution in [0.2, 0.25) is 0 Å². The van der Waals surface area contributed by atoms with Crippen LogP contribution >= 0.6 is 11.8 Å². The molecule has 0 unspecified atom stereocenters. The van der Waals surface area contributed by atoms with Crippen LogP contribution in [0.25, 0.3) is 10.9 Å². The monoisotopic (exact) mass is 298 g/mol. The number of rotatable bonds is 4. The lowest BCUT2D eigenvalue weighted by Gasteiger charge is -2.10. The zero-order valence-corrected chi connectivity index (χ0v) is 12.2. The Kier molecular flexibility index (Phi) is 3.85. The number of nitrogens with two attached hydrogens (primary N) is 1. The third-order valence-electron chi connectivity index (χ3n) is 2.94. The Labute approximate surface area is 126 Å². The molecule has 2 aromatic heterocycles. The number of anilines is 3. The standard InChI is InChI=1S/C14H14N6S/c1-21-14-18-12(8-13(19-14)20-15)17-11-6-2-5-10-9(11)4-3-7-16-10/h2-8H,15H2,1H3,(H2,17,18,19,20). The van der Waals surface area contributed by atoms with E-state index in [0.717, 1.165) is 16.6 Å². The zero-order chi connectivity index (χ0) is 14.7. The topological polar surface area (TPSA) is 88.8 Å². The van der Waals surface area contributed by atoms with Gasteiger partial charge < -0.3 is 10.7 Å². The lowest BCUT2D eigenvalue weighted by Crippen LogP contribution is -2.10. The summed E-state index contributed by atoms with van der Waals surface area (Å²) < 4.78 is 0. The van der Waals surface area contributed by atoms with Gasteiger partial charge in [0.2, 0.25) is 0 Å². The van der Waals surface area contributed by atoms with E-state index in [9.17, 15) is 0 Å². The maximum Gasteiger partial charge on any atom is 0.191 e. The number of hydrazine groups is 1. The van der Waals surface area contributed by atoms with E-state index in [1.54, 1.807) is 12.3 Å². The number of fused-ring (bicyclic) bond motifs is 1. The van der Waals surface area contributed by atoms with Gasteiger partial charge in [-0.25, -0.2) is 15.8 Å². The number of thioether (sulfide) groups is 1. The summed E-state index contributed by atoms with van der Waals surface area (Å²) >= 11 is 1.46. The van der Waals surface area contributed by atoms with Crippen LogP contribution < -0.4 is 16.6 Å². The molecule has 3 aromatic rings. The second-order valence-corrected chi connectivity index (χ2v) is 5.04. The van der Waals surface area contributed by atoms with Gasteiger partial charge in [0.25, 0.3) is 0 Å². The molecule has 0 atom stereocenters. The number of benzene rings is 1. The molecule has 0 saturated heterocycles. The second kappa shape index (κ2) is 5.94. The molecule has 0 amide bonds. The van der Waals surface area contributed by atoms with E-state index in [4.69, 9.17) is 5.84 Å². The predicted molar refractivity (Wildman–Crippen MR) is 86.6 cm³/mol. The molecule has 0 aliphatic rings. The van der Waals surface area contributed by atoms with Gasteiger partial charge in [-0.2, -0.15) is 0 Å². The molecule has 1 aromatic carbocycles. The molecule has 4 N–H and O–H groups in total. The number of hydrogen-bond donors (Lipinski definition) is 3. The number of pyridine rings is 1. The van der Waals surface area contributed by atoms with E-state index in [0.29, 0.717) is 16.8 Å². The summed E-state index contributed by atoms with van der Waals surface area (Å²) in [6.45, 7) is 0. The fourth-order valence-corrected chi connectivity index (χ4v) is 2.38. The van der Waals surface area contributed by atoms with Gasteiger partial charge in [-0.05, 0) is 30.5 Å². The molecule has 2 heterocycles. The summed E-state index contributed by atoms with van der Waals surface area (Å²) in [6, 6.07) is 11.6. The molecule has 0 saturated carbocycles. The Balaban J connectivity index is 2.02. The third kappa shape index (κ3) is 2.88. The molecule has 106 valence electrons. The van der Waals surface area contributed by atoms with E-state index >= 15 is 0 Å². The minimum Gasteiger partial charge on any atom is -0.339 e. The maximum atomic E-state index is 5.44. The van der Waals surface area contributed by atoms with E-state index < -0.39 is 0 Å². The summed E-state index contributed by atoms with van der Waals surface area (Å²) in [6.07, 6.45) is 3.69. The molecular formula is C14H14N6S. The summed E-state index contributed by atoms with van der Waals surface area (Å²) in [5.74, 6) is 6.68. The van der Waals surface area contributed by atoms with Crippen molar-refractivity contribution in [2.75, 3.05) is 17.0 Å². The molecule has 21 heavy (non-hydrogen) atoms.